The summed E-state index contributed by atoms with van der Waals surface area (Å²) in [5, 5.41) is 9.06. The summed E-state index contributed by atoms with van der Waals surface area (Å²) in [5.41, 5.74) is 2.21. The number of aliphatic hydroxyl groups is 1. The molecule has 1 aromatic carbocycles. The van der Waals surface area contributed by atoms with E-state index in [1.165, 1.54) is 0 Å². The van der Waals surface area contributed by atoms with Gasteiger partial charge < -0.3 is 9.84 Å². The van der Waals surface area contributed by atoms with E-state index in [4.69, 9.17) is 9.84 Å². The van der Waals surface area contributed by atoms with Gasteiger partial charge in [0.2, 0.25) is 5.88 Å². The normalized spacial score (nSPS) is 10.7. The zero-order valence-electron chi connectivity index (χ0n) is 10.7. The molecular weight excluding hydrogens is 254 g/mol. The van der Waals surface area contributed by atoms with Gasteiger partial charge in [0.25, 0.3) is 0 Å². The van der Waals surface area contributed by atoms with Gasteiger partial charge >= 0.3 is 0 Å². The number of aromatic nitrogens is 3. The van der Waals surface area contributed by atoms with Gasteiger partial charge in [0.15, 0.2) is 5.65 Å². The molecule has 0 spiro atoms. The highest BCUT2D eigenvalue weighted by molar-refractivity contribution is 5.69. The lowest BCUT2D eigenvalue weighted by Gasteiger charge is -2.09. The van der Waals surface area contributed by atoms with E-state index in [0.717, 1.165) is 11.1 Å². The number of para-hydroxylation sites is 1. The standard InChI is InChI=1S/C15H13N3O2/c19-10-7-11-3-1-2-4-13(11)20-14-6-5-12-15(18-14)17-9-8-16-12/h1-6,8-9,19H,7,10H2. The molecule has 0 amide bonds. The molecule has 0 bridgehead atoms. The zero-order chi connectivity index (χ0) is 13.8. The Morgan fingerprint density at radius 3 is 2.75 bits per heavy atom. The van der Waals surface area contributed by atoms with Gasteiger partial charge in [-0.15, -0.1) is 0 Å². The Hall–Kier alpha value is -2.53. The summed E-state index contributed by atoms with van der Waals surface area (Å²) >= 11 is 0. The van der Waals surface area contributed by atoms with Crippen LogP contribution in [0.2, 0.25) is 0 Å². The second-order valence-corrected chi connectivity index (χ2v) is 4.23. The van der Waals surface area contributed by atoms with E-state index < -0.39 is 0 Å². The summed E-state index contributed by atoms with van der Waals surface area (Å²) in [7, 11) is 0. The molecule has 0 atom stereocenters. The highest BCUT2D eigenvalue weighted by Gasteiger charge is 2.06. The van der Waals surface area contributed by atoms with Crippen LogP contribution in [-0.4, -0.2) is 26.7 Å². The third-order valence-corrected chi connectivity index (χ3v) is 2.87. The van der Waals surface area contributed by atoms with E-state index in [1.54, 1.807) is 18.5 Å². The summed E-state index contributed by atoms with van der Waals surface area (Å²) in [5.74, 6) is 1.15. The van der Waals surface area contributed by atoms with Crippen LogP contribution >= 0.6 is 0 Å². The van der Waals surface area contributed by atoms with Crippen molar-refractivity contribution in [2.45, 2.75) is 6.42 Å². The SMILES string of the molecule is OCCc1ccccc1Oc1ccc2nccnc2n1. The molecule has 20 heavy (non-hydrogen) atoms. The minimum absolute atomic E-state index is 0.0804. The molecule has 2 aromatic heterocycles. The molecule has 100 valence electrons. The predicted octanol–water partition coefficient (Wildman–Crippen LogP) is 2.35. The maximum Gasteiger partial charge on any atom is 0.221 e. The van der Waals surface area contributed by atoms with E-state index in [-0.39, 0.29) is 6.61 Å². The van der Waals surface area contributed by atoms with Crippen molar-refractivity contribution in [3.05, 3.63) is 54.4 Å². The summed E-state index contributed by atoms with van der Waals surface area (Å²) in [6.45, 7) is 0.0804. The van der Waals surface area contributed by atoms with Crippen molar-refractivity contribution in [2.24, 2.45) is 0 Å². The number of hydrogen-bond donors (Lipinski definition) is 1. The first-order valence-corrected chi connectivity index (χ1v) is 6.31. The quantitative estimate of drug-likeness (QED) is 0.785. The molecule has 5 heteroatoms. The molecule has 0 fully saturated rings. The molecule has 0 saturated heterocycles. The Labute approximate surface area is 115 Å². The Morgan fingerprint density at radius 1 is 1.00 bits per heavy atom. The molecular formula is C15H13N3O2. The van der Waals surface area contributed by atoms with Crippen molar-refractivity contribution in [1.29, 1.82) is 0 Å². The summed E-state index contributed by atoms with van der Waals surface area (Å²) in [4.78, 5) is 12.6. The van der Waals surface area contributed by atoms with Gasteiger partial charge in [0, 0.05) is 25.1 Å². The van der Waals surface area contributed by atoms with Crippen molar-refractivity contribution in [3.8, 4) is 11.6 Å². The van der Waals surface area contributed by atoms with Crippen LogP contribution in [0.5, 0.6) is 11.6 Å². The number of fused-ring (bicyclic) bond motifs is 1. The van der Waals surface area contributed by atoms with Crippen molar-refractivity contribution < 1.29 is 9.84 Å². The fourth-order valence-corrected chi connectivity index (χ4v) is 1.94. The minimum Gasteiger partial charge on any atom is -0.439 e. The largest absolute Gasteiger partial charge is 0.439 e. The summed E-state index contributed by atoms with van der Waals surface area (Å²) < 4.78 is 5.78. The smallest absolute Gasteiger partial charge is 0.221 e. The van der Waals surface area contributed by atoms with Gasteiger partial charge in [-0.25, -0.2) is 4.98 Å². The fraction of sp³-hybridized carbons (Fsp3) is 0.133. The highest BCUT2D eigenvalue weighted by Crippen LogP contribution is 2.25. The number of benzene rings is 1. The highest BCUT2D eigenvalue weighted by atomic mass is 16.5. The Morgan fingerprint density at radius 2 is 1.85 bits per heavy atom. The minimum atomic E-state index is 0.0804. The van der Waals surface area contributed by atoms with Crippen LogP contribution in [0, 0.1) is 0 Å². The average molecular weight is 267 g/mol. The molecule has 0 saturated carbocycles. The van der Waals surface area contributed by atoms with E-state index in [9.17, 15) is 0 Å². The van der Waals surface area contributed by atoms with Crippen LogP contribution in [0.15, 0.2) is 48.8 Å². The molecule has 3 aromatic rings. The second kappa shape index (κ2) is 5.63. The monoisotopic (exact) mass is 267 g/mol. The van der Waals surface area contributed by atoms with Crippen molar-refractivity contribution >= 4 is 11.2 Å². The summed E-state index contributed by atoms with van der Waals surface area (Å²) in [6, 6.07) is 11.2. The first-order chi connectivity index (χ1) is 9.86. The lowest BCUT2D eigenvalue weighted by Crippen LogP contribution is -1.97. The second-order valence-electron chi connectivity index (χ2n) is 4.23. The lowest BCUT2D eigenvalue weighted by molar-refractivity contribution is 0.297. The molecule has 0 radical (unpaired) electrons. The Bertz CT molecular complexity index is 731. The van der Waals surface area contributed by atoms with Gasteiger partial charge in [-0.3, -0.25) is 4.98 Å². The molecule has 1 N–H and O–H groups in total. The number of ether oxygens (including phenoxy) is 1. The Balaban J connectivity index is 1.93. The van der Waals surface area contributed by atoms with Crippen LogP contribution in [0.3, 0.4) is 0 Å². The average Bonchev–Trinajstić information content (AvgIpc) is 2.49. The first kappa shape index (κ1) is 12.5. The number of rotatable bonds is 4. The molecule has 0 aliphatic rings. The Kier molecular flexibility index (Phi) is 3.52. The van der Waals surface area contributed by atoms with Crippen LogP contribution in [0.4, 0.5) is 0 Å². The predicted molar refractivity (Wildman–Crippen MR) is 74.6 cm³/mol. The van der Waals surface area contributed by atoms with E-state index in [2.05, 4.69) is 15.0 Å². The number of hydrogen-bond acceptors (Lipinski definition) is 5. The maximum atomic E-state index is 9.06. The molecule has 0 aliphatic carbocycles. The van der Waals surface area contributed by atoms with E-state index in [0.29, 0.717) is 23.7 Å². The molecule has 5 nitrogen and oxygen atoms in total. The lowest BCUT2D eigenvalue weighted by atomic mass is 10.1. The third-order valence-electron chi connectivity index (χ3n) is 2.87. The topological polar surface area (TPSA) is 68.1 Å². The van der Waals surface area contributed by atoms with Crippen molar-refractivity contribution in [1.82, 2.24) is 15.0 Å². The van der Waals surface area contributed by atoms with E-state index >= 15 is 0 Å². The van der Waals surface area contributed by atoms with Gasteiger partial charge in [-0.1, -0.05) is 18.2 Å². The fourth-order valence-electron chi connectivity index (χ4n) is 1.94. The van der Waals surface area contributed by atoms with Gasteiger partial charge in [0.05, 0.1) is 0 Å². The first-order valence-electron chi connectivity index (χ1n) is 6.31. The van der Waals surface area contributed by atoms with Crippen LogP contribution < -0.4 is 4.74 Å². The number of pyridine rings is 1. The van der Waals surface area contributed by atoms with Gasteiger partial charge in [0.1, 0.15) is 11.3 Å². The van der Waals surface area contributed by atoms with Crippen LogP contribution in [0.25, 0.3) is 11.2 Å². The van der Waals surface area contributed by atoms with Gasteiger partial charge in [-0.2, -0.15) is 4.98 Å². The van der Waals surface area contributed by atoms with E-state index in [1.807, 2.05) is 30.3 Å². The molecule has 2 heterocycles. The van der Waals surface area contributed by atoms with Crippen LogP contribution in [0.1, 0.15) is 5.56 Å². The van der Waals surface area contributed by atoms with Gasteiger partial charge in [-0.05, 0) is 24.1 Å². The van der Waals surface area contributed by atoms with Crippen molar-refractivity contribution in [2.75, 3.05) is 6.61 Å². The van der Waals surface area contributed by atoms with Crippen molar-refractivity contribution in [3.63, 3.8) is 0 Å². The van der Waals surface area contributed by atoms with Crippen LogP contribution in [-0.2, 0) is 6.42 Å². The number of nitrogens with zero attached hydrogens (tertiary/aromatic N) is 3. The third kappa shape index (κ3) is 2.57. The zero-order valence-corrected chi connectivity index (χ0v) is 10.7. The summed E-state index contributed by atoms with van der Waals surface area (Å²) in [6.07, 6.45) is 3.77. The number of aliphatic hydroxyl groups excluding tert-OH is 1. The molecule has 3 rings (SSSR count). The maximum absolute atomic E-state index is 9.06. The molecule has 0 unspecified atom stereocenters. The molecule has 0 aliphatic heterocycles.